The molecule has 2 N–H and O–H groups in total. The first-order valence-electron chi connectivity index (χ1n) is 14.0. The summed E-state index contributed by atoms with van der Waals surface area (Å²) >= 11 is 0. The third-order valence-corrected chi connectivity index (χ3v) is 8.68. The molecule has 2 aliphatic heterocycles. The van der Waals surface area contributed by atoms with Crippen molar-refractivity contribution in [3.8, 4) is 5.75 Å². The van der Waals surface area contributed by atoms with Crippen molar-refractivity contribution in [3.63, 3.8) is 0 Å². The Morgan fingerprint density at radius 3 is 2.26 bits per heavy atom. The van der Waals surface area contributed by atoms with E-state index < -0.39 is 46.2 Å². The predicted octanol–water partition coefficient (Wildman–Crippen LogP) is 0.247. The molecule has 2 aliphatic rings. The molecule has 0 bridgehead atoms. The second kappa shape index (κ2) is 13.8. The van der Waals surface area contributed by atoms with Gasteiger partial charge in [-0.2, -0.15) is 4.31 Å². The molecular weight excluding hydrogens is 562 g/mol. The van der Waals surface area contributed by atoms with E-state index in [0.717, 1.165) is 11.8 Å². The van der Waals surface area contributed by atoms with E-state index in [0.29, 0.717) is 6.54 Å². The lowest BCUT2D eigenvalue weighted by Gasteiger charge is -2.35. The van der Waals surface area contributed by atoms with Crippen LogP contribution in [0.2, 0.25) is 0 Å². The number of amides is 4. The highest BCUT2D eigenvalue weighted by Crippen LogP contribution is 2.19. The maximum atomic E-state index is 13.6. The summed E-state index contributed by atoms with van der Waals surface area (Å²) in [6.45, 7) is 3.01. The molecule has 2 heterocycles. The molecule has 1 fully saturated rings. The number of para-hydroxylation sites is 1. The molecular formula is C29H37N5O7S. The molecule has 4 rings (SSSR count). The Bertz CT molecular complexity index is 1390. The van der Waals surface area contributed by atoms with E-state index in [4.69, 9.17) is 4.74 Å². The molecule has 2 aromatic rings. The number of rotatable bonds is 5. The Balaban J connectivity index is 1.62. The number of carbonyl (C=O) groups is 4. The van der Waals surface area contributed by atoms with E-state index in [1.54, 1.807) is 29.2 Å². The van der Waals surface area contributed by atoms with E-state index in [1.165, 1.54) is 9.21 Å². The van der Waals surface area contributed by atoms with E-state index in [-0.39, 0.29) is 63.0 Å². The van der Waals surface area contributed by atoms with Crippen LogP contribution >= 0.6 is 0 Å². The lowest BCUT2D eigenvalue weighted by Crippen LogP contribution is -2.57. The van der Waals surface area contributed by atoms with E-state index in [2.05, 4.69) is 10.6 Å². The highest BCUT2D eigenvalue weighted by Gasteiger charge is 2.34. The molecule has 0 saturated carbocycles. The van der Waals surface area contributed by atoms with Crippen LogP contribution in [-0.4, -0.2) is 110 Å². The normalized spacial score (nSPS) is 21.4. The molecule has 4 amide bonds. The highest BCUT2D eigenvalue weighted by atomic mass is 32.2. The molecule has 42 heavy (non-hydrogen) atoms. The van der Waals surface area contributed by atoms with Gasteiger partial charge in [0.15, 0.2) is 0 Å². The van der Waals surface area contributed by atoms with Gasteiger partial charge in [0.2, 0.25) is 27.7 Å². The van der Waals surface area contributed by atoms with Gasteiger partial charge in [0, 0.05) is 39.1 Å². The number of sulfonamides is 1. The van der Waals surface area contributed by atoms with Crippen molar-refractivity contribution in [3.05, 3.63) is 65.7 Å². The maximum absolute atomic E-state index is 13.6. The van der Waals surface area contributed by atoms with Gasteiger partial charge >= 0.3 is 0 Å². The Labute approximate surface area is 246 Å². The van der Waals surface area contributed by atoms with Gasteiger partial charge in [-0.25, -0.2) is 8.42 Å². The van der Waals surface area contributed by atoms with Crippen molar-refractivity contribution in [2.24, 2.45) is 0 Å². The number of nitrogens with one attached hydrogen (secondary N) is 2. The summed E-state index contributed by atoms with van der Waals surface area (Å²) in [7, 11) is -3.42. The molecule has 1 saturated heterocycles. The van der Waals surface area contributed by atoms with Crippen molar-refractivity contribution in [2.75, 3.05) is 52.1 Å². The number of nitrogens with zero attached hydrogens (tertiary/aromatic N) is 3. The van der Waals surface area contributed by atoms with Crippen LogP contribution in [0.5, 0.6) is 5.75 Å². The van der Waals surface area contributed by atoms with Crippen molar-refractivity contribution < 1.29 is 32.3 Å². The number of benzene rings is 2. The Kier molecular flexibility index (Phi) is 10.2. The molecule has 12 nitrogen and oxygen atoms in total. The summed E-state index contributed by atoms with van der Waals surface area (Å²) in [6.07, 6.45) is 0.938. The van der Waals surface area contributed by atoms with Gasteiger partial charge < -0.3 is 25.2 Å². The topological polar surface area (TPSA) is 145 Å². The van der Waals surface area contributed by atoms with Gasteiger partial charge in [-0.3, -0.25) is 19.2 Å². The summed E-state index contributed by atoms with van der Waals surface area (Å²) in [5, 5.41) is 5.50. The Morgan fingerprint density at radius 1 is 0.929 bits per heavy atom. The third kappa shape index (κ3) is 7.85. The molecule has 0 aliphatic carbocycles. The zero-order valence-electron chi connectivity index (χ0n) is 23.8. The number of hydrogen-bond donors (Lipinski definition) is 2. The van der Waals surface area contributed by atoms with Crippen LogP contribution in [-0.2, 0) is 30.8 Å². The summed E-state index contributed by atoms with van der Waals surface area (Å²) < 4.78 is 31.1. The van der Waals surface area contributed by atoms with Crippen LogP contribution < -0.4 is 15.4 Å². The largest absolute Gasteiger partial charge is 0.491 e. The number of ether oxygens (including phenoxy) is 1. The third-order valence-electron chi connectivity index (χ3n) is 7.37. The molecule has 0 radical (unpaired) electrons. The number of piperazine rings is 1. The molecule has 0 unspecified atom stereocenters. The minimum atomic E-state index is -3.42. The fourth-order valence-electron chi connectivity index (χ4n) is 5.08. The van der Waals surface area contributed by atoms with Crippen LogP contribution in [0, 0.1) is 0 Å². The minimum absolute atomic E-state index is 0.106. The highest BCUT2D eigenvalue weighted by molar-refractivity contribution is 7.88. The number of hydrogen-bond acceptors (Lipinski definition) is 7. The van der Waals surface area contributed by atoms with E-state index in [1.807, 2.05) is 37.3 Å². The minimum Gasteiger partial charge on any atom is -0.491 e. The molecule has 226 valence electrons. The molecule has 2 aromatic carbocycles. The monoisotopic (exact) mass is 599 g/mol. The fraction of sp³-hybridized carbons (Fsp3) is 0.448. The van der Waals surface area contributed by atoms with Gasteiger partial charge in [0.05, 0.1) is 24.8 Å². The van der Waals surface area contributed by atoms with Crippen LogP contribution in [0.25, 0.3) is 0 Å². The van der Waals surface area contributed by atoms with Crippen molar-refractivity contribution in [2.45, 2.75) is 31.8 Å². The Hall–Kier alpha value is -3.97. The standard InChI is InChI=1S/C29H37N5O7S/c1-3-32-17-18-41-25-12-8-7-11-22(25)27(36)31-24(29(38)33-13-15-34(16-14-33)42(2,39)40)20-26(35)30-23(28(32)37)19-21-9-5-4-6-10-21/h4-12,23-24H,3,13-20H2,1-2H3,(H,30,35)(H,31,36)/t23-,24-/m0/s1. The average molecular weight is 600 g/mol. The van der Waals surface area contributed by atoms with Crippen LogP contribution in [0.4, 0.5) is 0 Å². The SMILES string of the molecule is CCN1CCOc2ccccc2C(=O)N[C@H](C(=O)N2CCN(S(C)(=O)=O)CC2)CC(=O)N[C@@H](Cc2ccccc2)C1=O. The quantitative estimate of drug-likeness (QED) is 0.501. The lowest BCUT2D eigenvalue weighted by atomic mass is 10.0. The zero-order valence-corrected chi connectivity index (χ0v) is 24.6. The van der Waals surface area contributed by atoms with Crippen molar-refractivity contribution in [1.82, 2.24) is 24.7 Å². The second-order valence-electron chi connectivity index (χ2n) is 10.3. The molecule has 0 spiro atoms. The molecule has 2 atom stereocenters. The second-order valence-corrected chi connectivity index (χ2v) is 12.3. The zero-order chi connectivity index (χ0) is 30.3. The van der Waals surface area contributed by atoms with Gasteiger partial charge in [-0.05, 0) is 24.6 Å². The van der Waals surface area contributed by atoms with Crippen molar-refractivity contribution in [1.29, 1.82) is 0 Å². The maximum Gasteiger partial charge on any atom is 0.255 e. The summed E-state index contributed by atoms with van der Waals surface area (Å²) in [4.78, 5) is 57.1. The van der Waals surface area contributed by atoms with E-state index in [9.17, 15) is 27.6 Å². The predicted molar refractivity (Wildman–Crippen MR) is 155 cm³/mol. The van der Waals surface area contributed by atoms with Crippen LogP contribution in [0.15, 0.2) is 54.6 Å². The van der Waals surface area contributed by atoms with Crippen molar-refractivity contribution >= 4 is 33.7 Å². The Morgan fingerprint density at radius 2 is 1.60 bits per heavy atom. The summed E-state index contributed by atoms with van der Waals surface area (Å²) in [6, 6.07) is 13.7. The molecule has 0 aromatic heterocycles. The van der Waals surface area contributed by atoms with Gasteiger partial charge in [-0.1, -0.05) is 42.5 Å². The smallest absolute Gasteiger partial charge is 0.255 e. The summed E-state index contributed by atoms with van der Waals surface area (Å²) in [5.41, 5.74) is 1.04. The van der Waals surface area contributed by atoms with Crippen LogP contribution in [0.3, 0.4) is 0 Å². The fourth-order valence-corrected chi connectivity index (χ4v) is 5.90. The lowest BCUT2D eigenvalue weighted by molar-refractivity contribution is -0.138. The van der Waals surface area contributed by atoms with Gasteiger partial charge in [0.1, 0.15) is 24.4 Å². The number of carbonyl (C=O) groups excluding carboxylic acids is 4. The van der Waals surface area contributed by atoms with Crippen LogP contribution in [0.1, 0.15) is 29.3 Å². The average Bonchev–Trinajstić information content (AvgIpc) is 2.98. The van der Waals surface area contributed by atoms with Gasteiger partial charge in [-0.15, -0.1) is 0 Å². The van der Waals surface area contributed by atoms with E-state index >= 15 is 0 Å². The summed E-state index contributed by atoms with van der Waals surface area (Å²) in [5.74, 6) is -1.68. The first-order chi connectivity index (χ1) is 20.1. The number of likely N-dealkylation sites (N-methyl/N-ethyl adjacent to an activating group) is 1. The molecule has 13 heteroatoms. The van der Waals surface area contributed by atoms with Gasteiger partial charge in [0.25, 0.3) is 5.91 Å². The number of fused-ring (bicyclic) bond motifs is 1. The first kappa shape index (κ1) is 31.0. The first-order valence-corrected chi connectivity index (χ1v) is 15.8.